The first-order valence-corrected chi connectivity index (χ1v) is 9.42. The molecule has 0 bridgehead atoms. The number of fused-ring (bicyclic) bond motifs is 1. The average molecular weight is 427 g/mol. The Morgan fingerprint density at radius 2 is 1.65 bits per heavy atom. The van der Waals surface area contributed by atoms with Crippen molar-refractivity contribution in [1.29, 1.82) is 0 Å². The van der Waals surface area contributed by atoms with Crippen LogP contribution < -0.4 is 11.0 Å². The van der Waals surface area contributed by atoms with Crippen molar-refractivity contribution in [3.05, 3.63) is 99.6 Å². The molecule has 0 unspecified atom stereocenters. The summed E-state index contributed by atoms with van der Waals surface area (Å²) < 4.78 is 52.9. The topological polar surface area (TPSA) is 46.9 Å². The molecule has 0 amide bonds. The van der Waals surface area contributed by atoms with Crippen LogP contribution in [0.2, 0.25) is 0 Å². The van der Waals surface area contributed by atoms with E-state index in [-0.39, 0.29) is 17.9 Å². The highest BCUT2D eigenvalue weighted by Gasteiger charge is 2.29. The second kappa shape index (κ2) is 7.86. The van der Waals surface area contributed by atoms with Gasteiger partial charge in [0.05, 0.1) is 23.0 Å². The van der Waals surface area contributed by atoms with Gasteiger partial charge < -0.3 is 5.43 Å². The van der Waals surface area contributed by atoms with Gasteiger partial charge in [0.25, 0.3) is 5.56 Å². The minimum absolute atomic E-state index is 0.0886. The Labute approximate surface area is 174 Å². The van der Waals surface area contributed by atoms with E-state index < -0.39 is 17.6 Å². The maximum atomic E-state index is 13.4. The fraction of sp³-hybridized carbons (Fsp3) is 0.130. The lowest BCUT2D eigenvalue weighted by Crippen LogP contribution is -2.31. The van der Waals surface area contributed by atoms with E-state index in [1.54, 1.807) is 18.2 Å². The zero-order chi connectivity index (χ0) is 22.2. The van der Waals surface area contributed by atoms with Crippen molar-refractivity contribution in [2.75, 3.05) is 5.43 Å². The van der Waals surface area contributed by atoms with Gasteiger partial charge in [0.1, 0.15) is 5.82 Å². The van der Waals surface area contributed by atoms with Crippen LogP contribution in [0.4, 0.5) is 17.6 Å². The van der Waals surface area contributed by atoms with Crippen LogP contribution in [0.5, 0.6) is 0 Å². The molecule has 31 heavy (non-hydrogen) atoms. The van der Waals surface area contributed by atoms with Crippen molar-refractivity contribution in [3.8, 4) is 11.4 Å². The van der Waals surface area contributed by atoms with Crippen LogP contribution in [-0.2, 0) is 12.7 Å². The van der Waals surface area contributed by atoms with Crippen molar-refractivity contribution >= 4 is 10.9 Å². The summed E-state index contributed by atoms with van der Waals surface area (Å²) in [7, 11) is 0. The van der Waals surface area contributed by atoms with E-state index >= 15 is 0 Å². The largest absolute Gasteiger partial charge is 0.416 e. The van der Waals surface area contributed by atoms with E-state index in [0.717, 1.165) is 17.7 Å². The first-order valence-electron chi connectivity index (χ1n) is 9.42. The van der Waals surface area contributed by atoms with E-state index in [1.165, 1.54) is 41.1 Å². The van der Waals surface area contributed by atoms with Crippen LogP contribution in [0.25, 0.3) is 22.3 Å². The Hall–Kier alpha value is -3.68. The maximum absolute atomic E-state index is 13.4. The highest BCUT2D eigenvalue weighted by Crippen LogP contribution is 2.29. The molecular weight excluding hydrogens is 410 g/mol. The third-order valence-corrected chi connectivity index (χ3v) is 4.85. The molecule has 1 heterocycles. The molecule has 0 aliphatic heterocycles. The molecule has 0 saturated carbocycles. The molecule has 0 fully saturated rings. The number of alkyl halides is 3. The zero-order valence-electron chi connectivity index (χ0n) is 16.4. The van der Waals surface area contributed by atoms with Gasteiger partial charge in [0.2, 0.25) is 0 Å². The number of benzene rings is 3. The van der Waals surface area contributed by atoms with E-state index in [4.69, 9.17) is 0 Å². The summed E-state index contributed by atoms with van der Waals surface area (Å²) in [5, 5.41) is 0.386. The van der Waals surface area contributed by atoms with Gasteiger partial charge in [-0.05, 0) is 66.6 Å². The monoisotopic (exact) mass is 427 g/mol. The van der Waals surface area contributed by atoms with Gasteiger partial charge >= 0.3 is 6.18 Å². The maximum Gasteiger partial charge on any atom is 0.416 e. The molecule has 4 rings (SSSR count). The number of hydrogen-bond acceptors (Lipinski definition) is 3. The molecule has 0 aliphatic rings. The zero-order valence-corrected chi connectivity index (χ0v) is 16.4. The van der Waals surface area contributed by atoms with Gasteiger partial charge in [-0.3, -0.25) is 4.79 Å². The summed E-state index contributed by atoms with van der Waals surface area (Å²) in [6, 6.07) is 15.5. The fourth-order valence-corrected chi connectivity index (χ4v) is 3.22. The molecule has 4 aromatic rings. The van der Waals surface area contributed by atoms with Gasteiger partial charge in [0, 0.05) is 5.56 Å². The second-order valence-electron chi connectivity index (χ2n) is 7.13. The first-order chi connectivity index (χ1) is 14.7. The van der Waals surface area contributed by atoms with Gasteiger partial charge in [-0.1, -0.05) is 18.2 Å². The molecule has 3 aromatic carbocycles. The molecule has 8 heteroatoms. The SMILES string of the molecule is Cc1ccc2c(=O)n(NCc3ccc(C(F)(F)F)cc3)c(-c3ccc(F)cc3)nc2c1. The molecule has 0 aliphatic carbocycles. The Morgan fingerprint density at radius 1 is 0.968 bits per heavy atom. The van der Waals surface area contributed by atoms with Crippen LogP contribution in [0.3, 0.4) is 0 Å². The summed E-state index contributed by atoms with van der Waals surface area (Å²) in [6.07, 6.45) is -4.42. The molecule has 1 aromatic heterocycles. The minimum atomic E-state index is -4.42. The van der Waals surface area contributed by atoms with Crippen molar-refractivity contribution in [3.63, 3.8) is 0 Å². The summed E-state index contributed by atoms with van der Waals surface area (Å²) in [5.74, 6) is -0.151. The number of aromatic nitrogens is 2. The van der Waals surface area contributed by atoms with Crippen LogP contribution in [-0.4, -0.2) is 9.66 Å². The van der Waals surface area contributed by atoms with Gasteiger partial charge in [-0.2, -0.15) is 13.2 Å². The average Bonchev–Trinajstić information content (AvgIpc) is 2.73. The standard InChI is InChI=1S/C23H17F4N3O/c1-14-2-11-19-20(12-14)29-21(16-5-9-18(24)10-6-16)30(22(19)31)28-13-15-3-7-17(8-4-15)23(25,26)27/h2-12,28H,13H2,1H3. The molecule has 1 N–H and O–H groups in total. The van der Waals surface area contributed by atoms with E-state index in [9.17, 15) is 22.4 Å². The number of halogens is 4. The number of hydrogen-bond donors (Lipinski definition) is 1. The van der Waals surface area contributed by atoms with E-state index in [2.05, 4.69) is 10.4 Å². The predicted molar refractivity (Wildman–Crippen MR) is 111 cm³/mol. The molecule has 4 nitrogen and oxygen atoms in total. The Bertz CT molecular complexity index is 1290. The van der Waals surface area contributed by atoms with E-state index in [0.29, 0.717) is 22.0 Å². The lowest BCUT2D eigenvalue weighted by molar-refractivity contribution is -0.137. The predicted octanol–water partition coefficient (Wildman–Crippen LogP) is 5.27. The molecule has 0 radical (unpaired) electrons. The fourth-order valence-electron chi connectivity index (χ4n) is 3.22. The lowest BCUT2D eigenvalue weighted by atomic mass is 10.1. The van der Waals surface area contributed by atoms with Gasteiger partial charge in [0.15, 0.2) is 5.82 Å². The van der Waals surface area contributed by atoms with Crippen molar-refractivity contribution < 1.29 is 17.6 Å². The molecule has 158 valence electrons. The van der Waals surface area contributed by atoms with Crippen LogP contribution >= 0.6 is 0 Å². The number of rotatable bonds is 4. The highest BCUT2D eigenvalue weighted by molar-refractivity contribution is 5.80. The lowest BCUT2D eigenvalue weighted by Gasteiger charge is -2.16. The molecular formula is C23H17F4N3O. The Balaban J connectivity index is 1.75. The van der Waals surface area contributed by atoms with Crippen molar-refractivity contribution in [2.45, 2.75) is 19.6 Å². The van der Waals surface area contributed by atoms with Crippen molar-refractivity contribution in [1.82, 2.24) is 9.66 Å². The summed E-state index contributed by atoms with van der Waals surface area (Å²) in [5.41, 5.74) is 4.32. The summed E-state index contributed by atoms with van der Waals surface area (Å²) in [6.45, 7) is 1.97. The summed E-state index contributed by atoms with van der Waals surface area (Å²) >= 11 is 0. The molecule has 0 saturated heterocycles. The van der Waals surface area contributed by atoms with Crippen molar-refractivity contribution in [2.24, 2.45) is 0 Å². The normalized spacial score (nSPS) is 11.6. The Kier molecular flexibility index (Phi) is 5.22. The van der Waals surface area contributed by atoms with E-state index in [1.807, 2.05) is 6.92 Å². The van der Waals surface area contributed by atoms with Gasteiger partial charge in [-0.15, -0.1) is 0 Å². The third-order valence-electron chi connectivity index (χ3n) is 4.85. The minimum Gasteiger partial charge on any atom is -0.317 e. The van der Waals surface area contributed by atoms with Gasteiger partial charge in [-0.25, -0.2) is 14.1 Å². The number of nitrogens with zero attached hydrogens (tertiary/aromatic N) is 2. The third kappa shape index (κ3) is 4.28. The molecule has 0 spiro atoms. The van der Waals surface area contributed by atoms with Crippen LogP contribution in [0.15, 0.2) is 71.5 Å². The van der Waals surface area contributed by atoms with Crippen LogP contribution in [0, 0.1) is 12.7 Å². The molecule has 0 atom stereocenters. The first kappa shape index (κ1) is 20.6. The highest BCUT2D eigenvalue weighted by atomic mass is 19.4. The Morgan fingerprint density at radius 3 is 2.29 bits per heavy atom. The summed E-state index contributed by atoms with van der Waals surface area (Å²) in [4.78, 5) is 17.7. The number of nitrogens with one attached hydrogen (secondary N) is 1. The second-order valence-corrected chi connectivity index (χ2v) is 7.13. The van der Waals surface area contributed by atoms with Crippen LogP contribution in [0.1, 0.15) is 16.7 Å². The number of aryl methyl sites for hydroxylation is 1. The quantitative estimate of drug-likeness (QED) is 0.451. The smallest absolute Gasteiger partial charge is 0.317 e.